The van der Waals surface area contributed by atoms with Crippen molar-refractivity contribution in [2.45, 2.75) is 12.1 Å². The maximum Gasteiger partial charge on any atom is 0.417 e. The van der Waals surface area contributed by atoms with E-state index in [0.717, 1.165) is 13.2 Å². The molecule has 8 heteroatoms. The molecule has 0 N–H and O–H groups in total. The number of aromatic nitrogens is 1. The predicted octanol–water partition coefficient (Wildman–Crippen LogP) is 4.25. The summed E-state index contributed by atoms with van der Waals surface area (Å²) in [6.07, 6.45) is -4.74. The van der Waals surface area contributed by atoms with Gasteiger partial charge in [-0.25, -0.2) is 4.39 Å². The molecule has 1 aromatic heterocycles. The molecular formula is C12H8ClF4NO2. The number of nitrogens with zero attached hydrogens (tertiary/aromatic N) is 1. The molecule has 1 aromatic carbocycles. The molecule has 0 aliphatic rings. The van der Waals surface area contributed by atoms with Crippen LogP contribution in [0.5, 0.6) is 5.75 Å². The van der Waals surface area contributed by atoms with E-state index in [4.69, 9.17) is 16.1 Å². The Morgan fingerprint density at radius 2 is 2.00 bits per heavy atom. The number of alkyl halides is 4. The number of hydrogen-bond donors (Lipinski definition) is 0. The summed E-state index contributed by atoms with van der Waals surface area (Å²) in [6, 6.07) is 2.53. The summed E-state index contributed by atoms with van der Waals surface area (Å²) < 4.78 is 61.8. The topological polar surface area (TPSA) is 35.3 Å². The Kier molecular flexibility index (Phi) is 3.89. The molecule has 0 amide bonds. The van der Waals surface area contributed by atoms with Crippen molar-refractivity contribution in [1.29, 1.82) is 0 Å². The van der Waals surface area contributed by atoms with Gasteiger partial charge in [0.25, 0.3) is 0 Å². The van der Waals surface area contributed by atoms with Crippen molar-refractivity contribution in [3.8, 4) is 17.1 Å². The Bertz CT molecular complexity index is 624. The van der Waals surface area contributed by atoms with Crippen molar-refractivity contribution in [1.82, 2.24) is 5.16 Å². The van der Waals surface area contributed by atoms with Gasteiger partial charge in [0.2, 0.25) is 0 Å². The highest BCUT2D eigenvalue weighted by Gasteiger charge is 2.36. The molecular weight excluding hydrogens is 302 g/mol. The summed E-state index contributed by atoms with van der Waals surface area (Å²) in [5.74, 6) is -1.60. The van der Waals surface area contributed by atoms with Crippen LogP contribution >= 0.6 is 11.6 Å². The molecule has 0 bridgehead atoms. The first kappa shape index (κ1) is 14.6. The Morgan fingerprint density at radius 1 is 1.30 bits per heavy atom. The molecule has 0 saturated carbocycles. The summed E-state index contributed by atoms with van der Waals surface area (Å²) in [4.78, 5) is 0. The second-order valence-electron chi connectivity index (χ2n) is 3.85. The average Bonchev–Trinajstić information content (AvgIpc) is 2.86. The molecule has 2 rings (SSSR count). The molecule has 0 spiro atoms. The fraction of sp³-hybridized carbons (Fsp3) is 0.250. The molecule has 0 aliphatic carbocycles. The van der Waals surface area contributed by atoms with Gasteiger partial charge in [0, 0.05) is 11.6 Å². The lowest BCUT2D eigenvalue weighted by Crippen LogP contribution is -2.08. The lowest BCUT2D eigenvalue weighted by Gasteiger charge is -2.13. The molecule has 20 heavy (non-hydrogen) atoms. The first-order chi connectivity index (χ1) is 9.36. The van der Waals surface area contributed by atoms with E-state index in [-0.39, 0.29) is 28.6 Å². The first-order valence-electron chi connectivity index (χ1n) is 5.33. The van der Waals surface area contributed by atoms with Crippen LogP contribution in [0, 0.1) is 5.82 Å². The second kappa shape index (κ2) is 5.32. The van der Waals surface area contributed by atoms with Crippen molar-refractivity contribution in [3.05, 3.63) is 35.3 Å². The Balaban J connectivity index is 2.65. The highest BCUT2D eigenvalue weighted by atomic mass is 35.5. The summed E-state index contributed by atoms with van der Waals surface area (Å²) in [5.41, 5.74) is -1.26. The van der Waals surface area contributed by atoms with Gasteiger partial charge in [-0.05, 0) is 12.1 Å². The van der Waals surface area contributed by atoms with Crippen molar-refractivity contribution in [3.63, 3.8) is 0 Å². The van der Waals surface area contributed by atoms with E-state index in [9.17, 15) is 17.6 Å². The van der Waals surface area contributed by atoms with Crippen LogP contribution in [-0.4, -0.2) is 12.3 Å². The Hall–Kier alpha value is -1.76. The third kappa shape index (κ3) is 2.72. The average molecular weight is 310 g/mol. The highest BCUT2D eigenvalue weighted by Crippen LogP contribution is 2.40. The van der Waals surface area contributed by atoms with Crippen LogP contribution in [0.1, 0.15) is 11.3 Å². The fourth-order valence-corrected chi connectivity index (χ4v) is 1.78. The first-order valence-corrected chi connectivity index (χ1v) is 5.87. The molecule has 0 aliphatic heterocycles. The van der Waals surface area contributed by atoms with Gasteiger partial charge in [0.15, 0.2) is 17.3 Å². The van der Waals surface area contributed by atoms with Crippen LogP contribution < -0.4 is 4.74 Å². The van der Waals surface area contributed by atoms with Crippen LogP contribution in [0.3, 0.4) is 0 Å². The maximum absolute atomic E-state index is 13.5. The van der Waals surface area contributed by atoms with Crippen LogP contribution in [0.2, 0.25) is 0 Å². The van der Waals surface area contributed by atoms with Gasteiger partial charge in [-0.1, -0.05) is 5.16 Å². The lowest BCUT2D eigenvalue weighted by atomic mass is 10.0. The number of halogens is 5. The van der Waals surface area contributed by atoms with E-state index < -0.39 is 17.6 Å². The minimum absolute atomic E-state index is 0.0107. The van der Waals surface area contributed by atoms with Gasteiger partial charge in [0.05, 0.1) is 24.2 Å². The SMILES string of the molecule is COc1cc(-c2cc(CCl)no2)c(C(F)(F)F)cc1F. The third-order valence-corrected chi connectivity index (χ3v) is 2.83. The highest BCUT2D eigenvalue weighted by molar-refractivity contribution is 6.16. The van der Waals surface area contributed by atoms with Gasteiger partial charge < -0.3 is 9.26 Å². The second-order valence-corrected chi connectivity index (χ2v) is 4.11. The van der Waals surface area contributed by atoms with Crippen LogP contribution in [-0.2, 0) is 12.1 Å². The molecule has 0 atom stereocenters. The minimum atomic E-state index is -4.74. The Labute approximate surface area is 116 Å². The lowest BCUT2D eigenvalue weighted by molar-refractivity contribution is -0.137. The molecule has 0 unspecified atom stereocenters. The summed E-state index contributed by atoms with van der Waals surface area (Å²) in [6.45, 7) is 0. The zero-order chi connectivity index (χ0) is 14.9. The summed E-state index contributed by atoms with van der Waals surface area (Å²) in [7, 11) is 1.15. The van der Waals surface area contributed by atoms with Crippen LogP contribution in [0.4, 0.5) is 17.6 Å². The quantitative estimate of drug-likeness (QED) is 0.628. The number of ether oxygens (including phenoxy) is 1. The smallest absolute Gasteiger partial charge is 0.417 e. The van der Waals surface area contributed by atoms with E-state index in [1.54, 1.807) is 0 Å². The third-order valence-electron chi connectivity index (χ3n) is 2.56. The predicted molar refractivity (Wildman–Crippen MR) is 63.0 cm³/mol. The van der Waals surface area contributed by atoms with Gasteiger partial charge in [-0.3, -0.25) is 0 Å². The number of hydrogen-bond acceptors (Lipinski definition) is 3. The maximum atomic E-state index is 13.5. The van der Waals surface area contributed by atoms with Crippen LogP contribution in [0.25, 0.3) is 11.3 Å². The van der Waals surface area contributed by atoms with Gasteiger partial charge in [0.1, 0.15) is 0 Å². The largest absolute Gasteiger partial charge is 0.494 e. The summed E-state index contributed by atoms with van der Waals surface area (Å²) in [5, 5.41) is 3.50. The van der Waals surface area contributed by atoms with Crippen molar-refractivity contribution in [2.75, 3.05) is 7.11 Å². The number of methoxy groups -OCH3 is 1. The summed E-state index contributed by atoms with van der Waals surface area (Å²) >= 11 is 5.51. The zero-order valence-corrected chi connectivity index (χ0v) is 10.8. The standard InChI is InChI=1S/C12H8ClF4NO2/c1-19-11-3-7(10-2-6(5-13)18-20-10)8(4-9(11)14)12(15,16)17/h2-4H,5H2,1H3. The van der Waals surface area contributed by atoms with Gasteiger partial charge in [-0.15, -0.1) is 11.6 Å². The zero-order valence-electron chi connectivity index (χ0n) is 10.1. The Morgan fingerprint density at radius 3 is 2.50 bits per heavy atom. The van der Waals surface area contributed by atoms with E-state index in [1.165, 1.54) is 6.07 Å². The van der Waals surface area contributed by atoms with Crippen molar-refractivity contribution >= 4 is 11.6 Å². The van der Waals surface area contributed by atoms with E-state index in [0.29, 0.717) is 6.07 Å². The molecule has 0 radical (unpaired) electrons. The normalized spacial score (nSPS) is 11.7. The molecule has 1 heterocycles. The fourth-order valence-electron chi connectivity index (χ4n) is 1.65. The minimum Gasteiger partial charge on any atom is -0.494 e. The molecule has 0 saturated heterocycles. The van der Waals surface area contributed by atoms with E-state index >= 15 is 0 Å². The molecule has 2 aromatic rings. The molecule has 3 nitrogen and oxygen atoms in total. The van der Waals surface area contributed by atoms with Crippen molar-refractivity contribution < 1.29 is 26.8 Å². The number of benzene rings is 1. The van der Waals surface area contributed by atoms with E-state index in [1.807, 2.05) is 0 Å². The molecule has 108 valence electrons. The number of rotatable bonds is 3. The van der Waals surface area contributed by atoms with Gasteiger partial charge >= 0.3 is 6.18 Å². The van der Waals surface area contributed by atoms with Crippen molar-refractivity contribution in [2.24, 2.45) is 0 Å². The molecule has 0 fully saturated rings. The monoisotopic (exact) mass is 309 g/mol. The van der Waals surface area contributed by atoms with Crippen LogP contribution in [0.15, 0.2) is 22.7 Å². The van der Waals surface area contributed by atoms with Gasteiger partial charge in [-0.2, -0.15) is 13.2 Å². The van der Waals surface area contributed by atoms with E-state index in [2.05, 4.69) is 9.89 Å².